The Balaban J connectivity index is 1.54. The van der Waals surface area contributed by atoms with Gasteiger partial charge in [0.05, 0.1) is 12.3 Å². The van der Waals surface area contributed by atoms with Gasteiger partial charge in [0.1, 0.15) is 17.9 Å². The summed E-state index contributed by atoms with van der Waals surface area (Å²) in [4.78, 5) is 29.9. The van der Waals surface area contributed by atoms with Gasteiger partial charge < -0.3 is 19.1 Å². The fraction of sp³-hybridized carbons (Fsp3) is 0.167. The normalized spacial score (nSPS) is 10.7. The summed E-state index contributed by atoms with van der Waals surface area (Å²) in [6.07, 6.45) is 1.54. The second-order valence-electron chi connectivity index (χ2n) is 7.12. The van der Waals surface area contributed by atoms with Crippen molar-refractivity contribution < 1.29 is 14.1 Å². The van der Waals surface area contributed by atoms with Gasteiger partial charge in [-0.2, -0.15) is 4.98 Å². The van der Waals surface area contributed by atoms with Crippen molar-refractivity contribution in [3.05, 3.63) is 82.8 Å². The highest BCUT2D eigenvalue weighted by atomic mass is 16.5. The quantitative estimate of drug-likeness (QED) is 0.477. The summed E-state index contributed by atoms with van der Waals surface area (Å²) < 4.78 is 12.1. The van der Waals surface area contributed by atoms with E-state index in [0.29, 0.717) is 23.9 Å². The molecule has 2 heterocycles. The Hall–Kier alpha value is -4.20. The van der Waals surface area contributed by atoms with Gasteiger partial charge in [-0.3, -0.25) is 9.59 Å². The van der Waals surface area contributed by atoms with Crippen LogP contribution in [0.25, 0.3) is 22.8 Å². The first kappa shape index (κ1) is 21.0. The summed E-state index contributed by atoms with van der Waals surface area (Å²) in [6, 6.07) is 18.1. The minimum Gasteiger partial charge on any atom is -0.492 e. The molecule has 0 bridgehead atoms. The van der Waals surface area contributed by atoms with Crippen molar-refractivity contribution in [2.75, 3.05) is 11.9 Å². The van der Waals surface area contributed by atoms with Crippen molar-refractivity contribution in [3.8, 4) is 28.6 Å². The van der Waals surface area contributed by atoms with E-state index in [2.05, 4.69) is 15.5 Å². The molecule has 0 atom stereocenters. The van der Waals surface area contributed by atoms with Crippen molar-refractivity contribution in [2.45, 2.75) is 20.4 Å². The Morgan fingerprint density at radius 1 is 1.09 bits per heavy atom. The number of anilines is 1. The number of carbonyl (C=O) groups excluding carboxylic acids is 1. The summed E-state index contributed by atoms with van der Waals surface area (Å²) in [5, 5.41) is 6.77. The number of carbonyl (C=O) groups is 1. The Labute approximate surface area is 184 Å². The molecule has 0 unspecified atom stereocenters. The molecule has 0 spiro atoms. The number of amides is 1. The molecule has 1 N–H and O–H groups in total. The number of rotatable bonds is 7. The molecule has 0 aliphatic rings. The molecule has 0 radical (unpaired) electrons. The highest BCUT2D eigenvalue weighted by Crippen LogP contribution is 2.24. The molecule has 8 heteroatoms. The zero-order valence-corrected chi connectivity index (χ0v) is 17.7. The third kappa shape index (κ3) is 4.59. The number of pyridine rings is 1. The number of nitrogens with zero attached hydrogens (tertiary/aromatic N) is 3. The van der Waals surface area contributed by atoms with E-state index < -0.39 is 5.56 Å². The van der Waals surface area contributed by atoms with E-state index >= 15 is 0 Å². The van der Waals surface area contributed by atoms with Gasteiger partial charge in [0.15, 0.2) is 0 Å². The number of para-hydroxylation sites is 2. The van der Waals surface area contributed by atoms with Gasteiger partial charge >= 0.3 is 0 Å². The topological polar surface area (TPSA) is 99.2 Å². The molecule has 2 aromatic heterocycles. The molecule has 0 aliphatic carbocycles. The molecule has 2 aromatic carbocycles. The third-order valence-corrected chi connectivity index (χ3v) is 4.76. The summed E-state index contributed by atoms with van der Waals surface area (Å²) in [5.74, 6) is 0.698. The average Bonchev–Trinajstić information content (AvgIpc) is 3.27. The van der Waals surface area contributed by atoms with Crippen molar-refractivity contribution in [1.29, 1.82) is 0 Å². The molecule has 0 fully saturated rings. The van der Waals surface area contributed by atoms with Gasteiger partial charge in [-0.25, -0.2) is 0 Å². The van der Waals surface area contributed by atoms with Crippen LogP contribution in [0.5, 0.6) is 5.75 Å². The number of ether oxygens (including phenoxy) is 1. The van der Waals surface area contributed by atoms with Gasteiger partial charge in [-0.1, -0.05) is 47.1 Å². The van der Waals surface area contributed by atoms with Crippen molar-refractivity contribution >= 4 is 11.6 Å². The minimum absolute atomic E-state index is 0.0991. The maximum atomic E-state index is 12.9. The molecule has 4 rings (SSSR count). The first-order valence-electron chi connectivity index (χ1n) is 10.2. The number of benzene rings is 2. The number of hydrogen-bond acceptors (Lipinski definition) is 6. The molecule has 1 amide bonds. The standard InChI is InChI=1S/C24H22N4O4/c1-3-31-20-9-5-4-8-19(20)25-21(29)15-28-14-6-7-18(24(28)30)23-26-22(27-32-23)17-12-10-16(2)11-13-17/h4-14H,3,15H2,1-2H3,(H,25,29). The van der Waals surface area contributed by atoms with Crippen LogP contribution < -0.4 is 15.6 Å². The number of aromatic nitrogens is 3. The fourth-order valence-electron chi connectivity index (χ4n) is 3.17. The molecule has 0 saturated carbocycles. The monoisotopic (exact) mass is 430 g/mol. The van der Waals surface area contributed by atoms with Crippen molar-refractivity contribution in [1.82, 2.24) is 14.7 Å². The van der Waals surface area contributed by atoms with Crippen molar-refractivity contribution in [2.24, 2.45) is 0 Å². The van der Waals surface area contributed by atoms with E-state index in [9.17, 15) is 9.59 Å². The van der Waals surface area contributed by atoms with Crippen LogP contribution in [0.3, 0.4) is 0 Å². The van der Waals surface area contributed by atoms with Gasteiger partial charge in [0.2, 0.25) is 11.7 Å². The fourth-order valence-corrected chi connectivity index (χ4v) is 3.17. The lowest BCUT2D eigenvalue weighted by molar-refractivity contribution is -0.116. The molecule has 0 aliphatic heterocycles. The van der Waals surface area contributed by atoms with Crippen molar-refractivity contribution in [3.63, 3.8) is 0 Å². The summed E-state index contributed by atoms with van der Waals surface area (Å²) in [6.45, 7) is 4.16. The number of hydrogen-bond donors (Lipinski definition) is 1. The third-order valence-electron chi connectivity index (χ3n) is 4.76. The van der Waals surface area contributed by atoms with E-state index in [-0.39, 0.29) is 23.9 Å². The average molecular weight is 430 g/mol. The summed E-state index contributed by atoms with van der Waals surface area (Å²) >= 11 is 0. The van der Waals surface area contributed by atoms with E-state index in [1.54, 1.807) is 30.3 Å². The first-order valence-corrected chi connectivity index (χ1v) is 10.2. The molecule has 162 valence electrons. The maximum absolute atomic E-state index is 12.9. The van der Waals surface area contributed by atoms with Crippen LogP contribution >= 0.6 is 0 Å². The van der Waals surface area contributed by atoms with Crippen LogP contribution in [0.4, 0.5) is 5.69 Å². The number of nitrogens with one attached hydrogen (secondary N) is 1. The highest BCUT2D eigenvalue weighted by molar-refractivity contribution is 5.92. The lowest BCUT2D eigenvalue weighted by atomic mass is 10.1. The molecule has 4 aromatic rings. The minimum atomic E-state index is -0.403. The Bertz CT molecular complexity index is 1290. The van der Waals surface area contributed by atoms with Crippen LogP contribution in [-0.4, -0.2) is 27.2 Å². The smallest absolute Gasteiger partial charge is 0.263 e. The maximum Gasteiger partial charge on any atom is 0.263 e. The SMILES string of the molecule is CCOc1ccccc1NC(=O)Cn1cccc(-c2nc(-c3ccc(C)cc3)no2)c1=O. The second kappa shape index (κ2) is 9.30. The van der Waals surface area contributed by atoms with Gasteiger partial charge in [0.25, 0.3) is 11.4 Å². The highest BCUT2D eigenvalue weighted by Gasteiger charge is 2.16. The van der Waals surface area contributed by atoms with E-state index in [1.165, 1.54) is 10.8 Å². The van der Waals surface area contributed by atoms with Crippen LogP contribution in [0.1, 0.15) is 12.5 Å². The van der Waals surface area contributed by atoms with Crippen LogP contribution in [0.2, 0.25) is 0 Å². The lowest BCUT2D eigenvalue weighted by Gasteiger charge is -2.12. The summed E-state index contributed by atoms with van der Waals surface area (Å²) in [7, 11) is 0. The molecular formula is C24H22N4O4. The van der Waals surface area contributed by atoms with Crippen LogP contribution in [-0.2, 0) is 11.3 Å². The molecule has 0 saturated heterocycles. The number of aryl methyl sites for hydroxylation is 1. The summed E-state index contributed by atoms with van der Waals surface area (Å²) in [5.41, 5.74) is 2.27. The molecule has 8 nitrogen and oxygen atoms in total. The Morgan fingerprint density at radius 2 is 1.88 bits per heavy atom. The zero-order chi connectivity index (χ0) is 22.5. The van der Waals surface area contributed by atoms with Gasteiger partial charge in [-0.05, 0) is 38.1 Å². The first-order chi connectivity index (χ1) is 15.5. The van der Waals surface area contributed by atoms with E-state index in [1.807, 2.05) is 44.2 Å². The van der Waals surface area contributed by atoms with E-state index in [4.69, 9.17) is 9.26 Å². The van der Waals surface area contributed by atoms with Crippen LogP contribution in [0.15, 0.2) is 76.2 Å². The second-order valence-corrected chi connectivity index (χ2v) is 7.12. The molecule has 32 heavy (non-hydrogen) atoms. The van der Waals surface area contributed by atoms with Gasteiger partial charge in [-0.15, -0.1) is 0 Å². The van der Waals surface area contributed by atoms with Crippen LogP contribution in [0, 0.1) is 6.92 Å². The Kier molecular flexibility index (Phi) is 6.12. The van der Waals surface area contributed by atoms with Gasteiger partial charge in [0, 0.05) is 11.8 Å². The molecular weight excluding hydrogens is 408 g/mol. The Morgan fingerprint density at radius 3 is 2.66 bits per heavy atom. The lowest BCUT2D eigenvalue weighted by Crippen LogP contribution is -2.28. The zero-order valence-electron chi connectivity index (χ0n) is 17.7. The largest absolute Gasteiger partial charge is 0.492 e. The predicted octanol–water partition coefficient (Wildman–Crippen LogP) is 3.91. The predicted molar refractivity (Wildman–Crippen MR) is 120 cm³/mol. The van der Waals surface area contributed by atoms with E-state index in [0.717, 1.165) is 11.1 Å².